The lowest BCUT2D eigenvalue weighted by molar-refractivity contribution is -0.108. The monoisotopic (exact) mass is 170 g/mol. The van der Waals surface area contributed by atoms with E-state index in [9.17, 15) is 13.6 Å². The minimum atomic E-state index is -0.916. The van der Waals surface area contributed by atoms with Gasteiger partial charge in [-0.2, -0.15) is 0 Å². The van der Waals surface area contributed by atoms with E-state index in [1.165, 1.54) is 6.07 Å². The van der Waals surface area contributed by atoms with E-state index in [1.54, 1.807) is 6.92 Å². The normalized spacial score (nSPS) is 12.6. The lowest BCUT2D eigenvalue weighted by atomic mass is 10.0. The molecule has 1 atom stereocenters. The maximum atomic E-state index is 12.6. The molecule has 0 amide bonds. The van der Waals surface area contributed by atoms with Crippen LogP contribution in [0.1, 0.15) is 18.4 Å². The number of hydrogen-bond acceptors (Lipinski definition) is 1. The highest BCUT2D eigenvalue weighted by Gasteiger charge is 2.07. The first-order valence-corrected chi connectivity index (χ1v) is 3.55. The van der Waals surface area contributed by atoms with E-state index in [-0.39, 0.29) is 5.92 Å². The van der Waals surface area contributed by atoms with E-state index < -0.39 is 11.6 Å². The van der Waals surface area contributed by atoms with Gasteiger partial charge in [0, 0.05) is 5.92 Å². The van der Waals surface area contributed by atoms with Crippen LogP contribution in [0.4, 0.5) is 8.78 Å². The van der Waals surface area contributed by atoms with E-state index in [1.807, 2.05) is 0 Å². The molecule has 0 aliphatic carbocycles. The van der Waals surface area contributed by atoms with Gasteiger partial charge in [-0.25, -0.2) is 8.78 Å². The molecule has 0 N–H and O–H groups in total. The third kappa shape index (κ3) is 1.67. The van der Waals surface area contributed by atoms with Crippen LogP contribution in [0.2, 0.25) is 0 Å². The molecular formula is C9H8F2O. The number of benzene rings is 1. The smallest absolute Gasteiger partial charge is 0.159 e. The lowest BCUT2D eigenvalue weighted by Crippen LogP contribution is -1.96. The van der Waals surface area contributed by atoms with Crippen molar-refractivity contribution in [2.24, 2.45) is 0 Å². The van der Waals surface area contributed by atoms with Crippen molar-refractivity contribution in [2.75, 3.05) is 0 Å². The second-order valence-corrected chi connectivity index (χ2v) is 2.60. The van der Waals surface area contributed by atoms with Gasteiger partial charge in [0.1, 0.15) is 6.29 Å². The Bertz CT molecular complexity index is 297. The van der Waals surface area contributed by atoms with Crippen LogP contribution >= 0.6 is 0 Å². The van der Waals surface area contributed by atoms with Crippen molar-refractivity contribution in [1.82, 2.24) is 0 Å². The molecule has 12 heavy (non-hydrogen) atoms. The quantitative estimate of drug-likeness (QED) is 0.622. The van der Waals surface area contributed by atoms with Crippen LogP contribution in [0.15, 0.2) is 18.2 Å². The molecule has 0 heterocycles. The Morgan fingerprint density at radius 2 is 2.00 bits per heavy atom. The fraction of sp³-hybridized carbons (Fsp3) is 0.222. The van der Waals surface area contributed by atoms with E-state index in [0.29, 0.717) is 11.8 Å². The highest BCUT2D eigenvalue weighted by atomic mass is 19.2. The van der Waals surface area contributed by atoms with Crippen LogP contribution in [-0.4, -0.2) is 6.29 Å². The summed E-state index contributed by atoms with van der Waals surface area (Å²) in [5.41, 5.74) is 0.490. The van der Waals surface area contributed by atoms with Crippen LogP contribution in [0, 0.1) is 11.6 Å². The second-order valence-electron chi connectivity index (χ2n) is 2.60. The molecule has 0 aliphatic rings. The summed E-state index contributed by atoms with van der Waals surface area (Å²) in [6.07, 6.45) is 0.687. The standard InChI is InChI=1S/C9H8F2O/c1-6(5-12)7-2-3-8(10)9(11)4-7/h2-6H,1H3. The molecule has 1 rings (SSSR count). The van der Waals surface area contributed by atoms with E-state index in [0.717, 1.165) is 12.1 Å². The molecule has 0 radical (unpaired) electrons. The summed E-state index contributed by atoms with van der Waals surface area (Å²) in [6.45, 7) is 1.62. The van der Waals surface area contributed by atoms with Gasteiger partial charge in [-0.15, -0.1) is 0 Å². The topological polar surface area (TPSA) is 17.1 Å². The number of hydrogen-bond donors (Lipinski definition) is 0. The first kappa shape index (κ1) is 8.84. The molecule has 0 bridgehead atoms. The SMILES string of the molecule is CC(C=O)c1ccc(F)c(F)c1. The van der Waals surface area contributed by atoms with Gasteiger partial charge in [0.05, 0.1) is 0 Å². The molecule has 0 saturated heterocycles. The summed E-state index contributed by atoms with van der Waals surface area (Å²) >= 11 is 0. The molecule has 64 valence electrons. The van der Waals surface area contributed by atoms with E-state index in [2.05, 4.69) is 0 Å². The zero-order valence-electron chi connectivity index (χ0n) is 6.55. The van der Waals surface area contributed by atoms with E-state index in [4.69, 9.17) is 0 Å². The average Bonchev–Trinajstić information content (AvgIpc) is 2.08. The van der Waals surface area contributed by atoms with Crippen molar-refractivity contribution < 1.29 is 13.6 Å². The van der Waals surface area contributed by atoms with Gasteiger partial charge in [0.25, 0.3) is 0 Å². The Labute approximate surface area is 69.0 Å². The van der Waals surface area contributed by atoms with Crippen LogP contribution in [0.5, 0.6) is 0 Å². The minimum absolute atomic E-state index is 0.389. The predicted molar refractivity (Wildman–Crippen MR) is 40.8 cm³/mol. The Kier molecular flexibility index (Phi) is 2.53. The van der Waals surface area contributed by atoms with Crippen molar-refractivity contribution >= 4 is 6.29 Å². The third-order valence-electron chi connectivity index (χ3n) is 1.67. The van der Waals surface area contributed by atoms with Gasteiger partial charge in [-0.1, -0.05) is 13.0 Å². The predicted octanol–water partition coefficient (Wildman–Crippen LogP) is 2.27. The zero-order valence-corrected chi connectivity index (χ0v) is 6.55. The third-order valence-corrected chi connectivity index (χ3v) is 1.67. The number of carbonyl (C=O) groups excluding carboxylic acids is 1. The molecule has 0 aliphatic heterocycles. The molecule has 0 fully saturated rings. The van der Waals surface area contributed by atoms with Crippen LogP contribution < -0.4 is 0 Å². The van der Waals surface area contributed by atoms with E-state index >= 15 is 0 Å². The molecule has 0 saturated carbocycles. The first-order valence-electron chi connectivity index (χ1n) is 3.55. The summed E-state index contributed by atoms with van der Waals surface area (Å²) < 4.78 is 25.0. The molecule has 3 heteroatoms. The van der Waals surface area contributed by atoms with Crippen molar-refractivity contribution in [1.29, 1.82) is 0 Å². The van der Waals surface area contributed by atoms with Crippen LogP contribution in [-0.2, 0) is 4.79 Å². The average molecular weight is 170 g/mol. The van der Waals surface area contributed by atoms with Crippen molar-refractivity contribution in [3.63, 3.8) is 0 Å². The van der Waals surface area contributed by atoms with Crippen LogP contribution in [0.3, 0.4) is 0 Å². The number of carbonyl (C=O) groups is 1. The highest BCUT2D eigenvalue weighted by Crippen LogP contribution is 2.15. The number of halogens is 2. The molecule has 0 aromatic heterocycles. The van der Waals surface area contributed by atoms with Gasteiger partial charge in [0.15, 0.2) is 11.6 Å². The largest absolute Gasteiger partial charge is 0.303 e. The molecule has 1 nitrogen and oxygen atoms in total. The Hall–Kier alpha value is -1.25. The fourth-order valence-electron chi connectivity index (χ4n) is 0.874. The summed E-state index contributed by atoms with van der Waals surface area (Å²) in [5, 5.41) is 0. The van der Waals surface area contributed by atoms with Crippen molar-refractivity contribution in [2.45, 2.75) is 12.8 Å². The first-order chi connectivity index (χ1) is 5.65. The molecule has 1 aromatic rings. The number of rotatable bonds is 2. The lowest BCUT2D eigenvalue weighted by Gasteiger charge is -2.03. The highest BCUT2D eigenvalue weighted by molar-refractivity contribution is 5.61. The van der Waals surface area contributed by atoms with Gasteiger partial charge >= 0.3 is 0 Å². The Morgan fingerprint density at radius 3 is 2.50 bits per heavy atom. The summed E-state index contributed by atoms with van der Waals surface area (Å²) in [7, 11) is 0. The van der Waals surface area contributed by atoms with Crippen molar-refractivity contribution in [3.05, 3.63) is 35.4 Å². The van der Waals surface area contributed by atoms with Gasteiger partial charge in [-0.05, 0) is 17.7 Å². The van der Waals surface area contributed by atoms with Gasteiger partial charge in [-0.3, -0.25) is 0 Å². The summed E-state index contributed by atoms with van der Waals surface area (Å²) in [5.74, 6) is -2.20. The van der Waals surface area contributed by atoms with Crippen LogP contribution in [0.25, 0.3) is 0 Å². The Balaban J connectivity index is 3.04. The molecule has 0 spiro atoms. The van der Waals surface area contributed by atoms with Crippen molar-refractivity contribution in [3.8, 4) is 0 Å². The summed E-state index contributed by atoms with van der Waals surface area (Å²) in [4.78, 5) is 10.3. The fourth-order valence-corrected chi connectivity index (χ4v) is 0.874. The maximum absolute atomic E-state index is 12.6. The minimum Gasteiger partial charge on any atom is -0.303 e. The molecule has 1 aromatic carbocycles. The summed E-state index contributed by atoms with van der Waals surface area (Å²) in [6, 6.07) is 3.45. The maximum Gasteiger partial charge on any atom is 0.159 e. The van der Waals surface area contributed by atoms with Gasteiger partial charge in [0.2, 0.25) is 0 Å². The number of aldehydes is 1. The second kappa shape index (κ2) is 3.43. The molecular weight excluding hydrogens is 162 g/mol. The zero-order chi connectivity index (χ0) is 9.14. The molecule has 1 unspecified atom stereocenters. The Morgan fingerprint density at radius 1 is 1.33 bits per heavy atom. The van der Waals surface area contributed by atoms with Gasteiger partial charge < -0.3 is 4.79 Å².